The van der Waals surface area contributed by atoms with Crippen LogP contribution >= 0.6 is 11.8 Å². The number of hydrogen-bond donors (Lipinski definition) is 4. The van der Waals surface area contributed by atoms with E-state index in [0.29, 0.717) is 12.2 Å². The molecule has 0 radical (unpaired) electrons. The third-order valence-electron chi connectivity index (χ3n) is 3.56. The van der Waals surface area contributed by atoms with Gasteiger partial charge in [-0.25, -0.2) is 4.79 Å². The molecule has 1 aliphatic heterocycles. The summed E-state index contributed by atoms with van der Waals surface area (Å²) in [6.45, 7) is 1.82. The number of urea groups is 1. The number of hydrogen-bond acceptors (Lipinski definition) is 5. The Hall–Kier alpha value is -3.00. The normalized spacial score (nSPS) is 15.6. The van der Waals surface area contributed by atoms with Gasteiger partial charge in [-0.15, -0.1) is 0 Å². The first-order valence-corrected chi connectivity index (χ1v) is 8.98. The minimum Gasteiger partial charge on any atom is -0.356 e. The fraction of sp³-hybridized carbons (Fsp3) is 0.167. The summed E-state index contributed by atoms with van der Waals surface area (Å²) in [4.78, 5) is 27.2. The zero-order valence-corrected chi connectivity index (χ0v) is 15.0. The Morgan fingerprint density at radius 2 is 2.04 bits per heavy atom. The van der Waals surface area contributed by atoms with Crippen LogP contribution < -0.4 is 21.3 Å². The van der Waals surface area contributed by atoms with Crippen molar-refractivity contribution < 1.29 is 9.59 Å². The van der Waals surface area contributed by atoms with Crippen molar-refractivity contribution in [1.82, 2.24) is 20.9 Å². The van der Waals surface area contributed by atoms with Gasteiger partial charge in [0.15, 0.2) is 5.50 Å². The summed E-state index contributed by atoms with van der Waals surface area (Å²) >= 11 is 1.49. The van der Waals surface area contributed by atoms with Crippen LogP contribution in [-0.2, 0) is 11.3 Å². The summed E-state index contributed by atoms with van der Waals surface area (Å²) in [6, 6.07) is 10.9. The number of amides is 3. The second-order valence-electron chi connectivity index (χ2n) is 5.64. The molecule has 2 heterocycles. The van der Waals surface area contributed by atoms with Crippen LogP contribution in [-0.4, -0.2) is 22.4 Å². The molecule has 0 bridgehead atoms. The van der Waals surface area contributed by atoms with Gasteiger partial charge in [-0.05, 0) is 35.2 Å². The second-order valence-corrected chi connectivity index (χ2v) is 6.62. The standard InChI is InChI=1S/C18H19N5O2S/c1-12(24)21-15-4-2-3-13(9-15)10-20-17(25)23-18-22-16(11-26-18)14-5-7-19-8-6-14/h2-9,11,18,22H,10H2,1H3,(H,21,24)(H2,20,23,25). The van der Waals surface area contributed by atoms with Gasteiger partial charge in [0.2, 0.25) is 5.91 Å². The first-order chi connectivity index (χ1) is 12.6. The van der Waals surface area contributed by atoms with E-state index in [2.05, 4.69) is 26.3 Å². The topological polar surface area (TPSA) is 95.2 Å². The highest BCUT2D eigenvalue weighted by Crippen LogP contribution is 2.25. The Bertz CT molecular complexity index is 825. The van der Waals surface area contributed by atoms with Gasteiger partial charge in [0.05, 0.1) is 5.70 Å². The maximum atomic E-state index is 12.1. The zero-order chi connectivity index (χ0) is 18.4. The molecule has 4 N–H and O–H groups in total. The van der Waals surface area contributed by atoms with E-state index in [1.54, 1.807) is 18.5 Å². The van der Waals surface area contributed by atoms with Crippen LogP contribution in [0, 0.1) is 0 Å². The Balaban J connectivity index is 1.46. The van der Waals surface area contributed by atoms with E-state index in [1.807, 2.05) is 35.7 Å². The third-order valence-corrected chi connectivity index (χ3v) is 4.44. The number of benzene rings is 1. The average Bonchev–Trinajstić information content (AvgIpc) is 3.09. The lowest BCUT2D eigenvalue weighted by molar-refractivity contribution is -0.114. The molecular formula is C18H19N5O2S. The maximum absolute atomic E-state index is 12.1. The molecule has 26 heavy (non-hydrogen) atoms. The van der Waals surface area contributed by atoms with E-state index in [0.717, 1.165) is 16.8 Å². The van der Waals surface area contributed by atoms with Crippen molar-refractivity contribution in [2.45, 2.75) is 19.0 Å². The van der Waals surface area contributed by atoms with Crippen molar-refractivity contribution in [1.29, 1.82) is 0 Å². The second kappa shape index (κ2) is 8.39. The Labute approximate surface area is 155 Å². The summed E-state index contributed by atoms with van der Waals surface area (Å²) < 4.78 is 0. The number of carbonyl (C=O) groups excluding carboxylic acids is 2. The van der Waals surface area contributed by atoms with Crippen molar-refractivity contribution in [3.63, 3.8) is 0 Å². The number of pyridine rings is 1. The lowest BCUT2D eigenvalue weighted by Crippen LogP contribution is -2.44. The van der Waals surface area contributed by atoms with E-state index in [1.165, 1.54) is 18.7 Å². The minimum atomic E-state index is -0.274. The Morgan fingerprint density at radius 1 is 1.23 bits per heavy atom. The summed E-state index contributed by atoms with van der Waals surface area (Å²) in [6.07, 6.45) is 3.45. The molecule has 0 fully saturated rings. The molecule has 0 saturated carbocycles. The van der Waals surface area contributed by atoms with Crippen LogP contribution in [0.3, 0.4) is 0 Å². The van der Waals surface area contributed by atoms with Gasteiger partial charge in [0, 0.05) is 37.1 Å². The zero-order valence-electron chi connectivity index (χ0n) is 14.2. The fourth-order valence-corrected chi connectivity index (χ4v) is 3.26. The first kappa shape index (κ1) is 17.8. The molecule has 1 aromatic carbocycles. The maximum Gasteiger partial charge on any atom is 0.317 e. The fourth-order valence-electron chi connectivity index (χ4n) is 2.41. The van der Waals surface area contributed by atoms with E-state index in [-0.39, 0.29) is 17.4 Å². The highest BCUT2D eigenvalue weighted by atomic mass is 32.2. The third kappa shape index (κ3) is 5.00. The molecule has 0 aliphatic carbocycles. The van der Waals surface area contributed by atoms with Gasteiger partial charge in [-0.3, -0.25) is 9.78 Å². The summed E-state index contributed by atoms with van der Waals surface area (Å²) in [5.41, 5.74) is 3.34. The molecule has 1 atom stereocenters. The van der Waals surface area contributed by atoms with Gasteiger partial charge < -0.3 is 21.3 Å². The van der Waals surface area contributed by atoms with E-state index in [4.69, 9.17) is 0 Å². The first-order valence-electron chi connectivity index (χ1n) is 8.03. The average molecular weight is 369 g/mol. The van der Waals surface area contributed by atoms with Crippen molar-refractivity contribution in [3.05, 3.63) is 65.3 Å². The highest BCUT2D eigenvalue weighted by Gasteiger charge is 2.19. The van der Waals surface area contributed by atoms with Gasteiger partial charge in [-0.2, -0.15) is 0 Å². The van der Waals surface area contributed by atoms with Gasteiger partial charge in [-0.1, -0.05) is 23.9 Å². The summed E-state index contributed by atoms with van der Waals surface area (Å²) in [5.74, 6) is -0.130. The van der Waals surface area contributed by atoms with Crippen LogP contribution in [0.1, 0.15) is 18.1 Å². The quantitative estimate of drug-likeness (QED) is 0.649. The molecule has 8 heteroatoms. The monoisotopic (exact) mass is 369 g/mol. The molecule has 1 aliphatic rings. The van der Waals surface area contributed by atoms with Crippen LogP contribution in [0.25, 0.3) is 5.70 Å². The van der Waals surface area contributed by atoms with E-state index in [9.17, 15) is 9.59 Å². The SMILES string of the molecule is CC(=O)Nc1cccc(CNC(=O)NC2NC(c3ccncc3)=CS2)c1. The van der Waals surface area contributed by atoms with Crippen molar-refractivity contribution in [2.24, 2.45) is 0 Å². The molecule has 134 valence electrons. The molecule has 1 unspecified atom stereocenters. The lowest BCUT2D eigenvalue weighted by Gasteiger charge is -2.15. The van der Waals surface area contributed by atoms with Crippen LogP contribution in [0.5, 0.6) is 0 Å². The molecule has 3 rings (SSSR count). The number of nitrogens with zero attached hydrogens (tertiary/aromatic N) is 1. The lowest BCUT2D eigenvalue weighted by atomic mass is 10.2. The highest BCUT2D eigenvalue weighted by molar-refractivity contribution is 8.03. The van der Waals surface area contributed by atoms with Gasteiger partial charge in [0.1, 0.15) is 0 Å². The summed E-state index contributed by atoms with van der Waals surface area (Å²) in [7, 11) is 0. The number of carbonyl (C=O) groups is 2. The molecular weight excluding hydrogens is 350 g/mol. The van der Waals surface area contributed by atoms with E-state index >= 15 is 0 Å². The predicted octanol–water partition coefficient (Wildman–Crippen LogP) is 2.46. The Morgan fingerprint density at radius 3 is 2.81 bits per heavy atom. The van der Waals surface area contributed by atoms with Crippen LogP contribution in [0.2, 0.25) is 0 Å². The molecule has 0 spiro atoms. The predicted molar refractivity (Wildman–Crippen MR) is 103 cm³/mol. The summed E-state index contributed by atoms with van der Waals surface area (Å²) in [5, 5.41) is 13.6. The van der Waals surface area contributed by atoms with Crippen molar-refractivity contribution in [2.75, 3.05) is 5.32 Å². The van der Waals surface area contributed by atoms with Crippen molar-refractivity contribution in [3.8, 4) is 0 Å². The largest absolute Gasteiger partial charge is 0.356 e. The number of thioether (sulfide) groups is 1. The van der Waals surface area contributed by atoms with Crippen LogP contribution in [0.4, 0.5) is 10.5 Å². The number of nitrogens with one attached hydrogen (secondary N) is 4. The molecule has 2 aromatic rings. The molecule has 7 nitrogen and oxygen atoms in total. The van der Waals surface area contributed by atoms with Crippen LogP contribution in [0.15, 0.2) is 54.2 Å². The Kier molecular flexibility index (Phi) is 5.75. The molecule has 3 amide bonds. The van der Waals surface area contributed by atoms with Gasteiger partial charge >= 0.3 is 6.03 Å². The molecule has 0 saturated heterocycles. The minimum absolute atomic E-state index is 0.130. The van der Waals surface area contributed by atoms with E-state index < -0.39 is 0 Å². The smallest absolute Gasteiger partial charge is 0.317 e. The number of anilines is 1. The van der Waals surface area contributed by atoms with Gasteiger partial charge in [0.25, 0.3) is 0 Å². The van der Waals surface area contributed by atoms with Crippen molar-refractivity contribution >= 4 is 35.1 Å². The number of rotatable bonds is 5. The number of aromatic nitrogens is 1. The molecule has 1 aromatic heterocycles.